The van der Waals surface area contributed by atoms with Crippen molar-refractivity contribution in [1.29, 1.82) is 0 Å². The Bertz CT molecular complexity index is 390. The van der Waals surface area contributed by atoms with Crippen molar-refractivity contribution in [1.82, 2.24) is 5.32 Å². The van der Waals surface area contributed by atoms with Gasteiger partial charge >= 0.3 is 5.97 Å². The Morgan fingerprint density at radius 1 is 1.73 bits per heavy atom. The van der Waals surface area contributed by atoms with Gasteiger partial charge in [-0.25, -0.2) is 0 Å². The summed E-state index contributed by atoms with van der Waals surface area (Å²) < 4.78 is 6.11. The molecular weight excluding hydrogens is 262 g/mol. The molecule has 1 saturated heterocycles. The molecule has 2 N–H and O–H groups in total. The first-order valence-corrected chi connectivity index (χ1v) is 5.54. The predicted octanol–water partition coefficient (Wildman–Crippen LogP) is 1.96. The van der Waals surface area contributed by atoms with Gasteiger partial charge in [-0.1, -0.05) is 0 Å². The minimum Gasteiger partial charge on any atom is -0.480 e. The molecule has 1 aliphatic heterocycles. The molecule has 2 rings (SSSR count). The summed E-state index contributed by atoms with van der Waals surface area (Å²) in [6, 6.07) is 3.70. The summed E-state index contributed by atoms with van der Waals surface area (Å²) in [6.45, 7) is 2.34. The first-order valence-electron chi connectivity index (χ1n) is 4.75. The fourth-order valence-corrected chi connectivity index (χ4v) is 2.22. The molecule has 1 aromatic heterocycles. The minimum atomic E-state index is -0.829. The Hall–Kier alpha value is -0.810. The quantitative estimate of drug-likeness (QED) is 0.865. The van der Waals surface area contributed by atoms with Gasteiger partial charge < -0.3 is 14.8 Å². The average Bonchev–Trinajstić information content (AvgIpc) is 2.73. The van der Waals surface area contributed by atoms with Crippen molar-refractivity contribution >= 4 is 21.9 Å². The van der Waals surface area contributed by atoms with Gasteiger partial charge in [0.15, 0.2) is 4.67 Å². The van der Waals surface area contributed by atoms with E-state index < -0.39 is 11.5 Å². The van der Waals surface area contributed by atoms with Gasteiger partial charge in [0.1, 0.15) is 11.3 Å². The molecule has 1 aliphatic rings. The molecule has 15 heavy (non-hydrogen) atoms. The van der Waals surface area contributed by atoms with Crippen molar-refractivity contribution in [3.05, 3.63) is 22.6 Å². The van der Waals surface area contributed by atoms with E-state index in [1.54, 1.807) is 6.92 Å². The van der Waals surface area contributed by atoms with Crippen LogP contribution in [-0.2, 0) is 4.79 Å². The van der Waals surface area contributed by atoms with Crippen molar-refractivity contribution < 1.29 is 14.3 Å². The zero-order valence-corrected chi connectivity index (χ0v) is 9.87. The maximum Gasteiger partial charge on any atom is 0.323 e. The topological polar surface area (TPSA) is 62.5 Å². The molecule has 2 unspecified atom stereocenters. The molecule has 0 radical (unpaired) electrons. The lowest BCUT2D eigenvalue weighted by molar-refractivity contribution is -0.143. The SMILES string of the molecule is CC1(C(=O)O)CC(c2ccc(Br)o2)CN1. The van der Waals surface area contributed by atoms with Crippen LogP contribution < -0.4 is 5.32 Å². The number of carboxylic acid groups (broad SMARTS) is 1. The van der Waals surface area contributed by atoms with Crippen LogP contribution in [0.4, 0.5) is 0 Å². The van der Waals surface area contributed by atoms with Crippen LogP contribution in [0.25, 0.3) is 0 Å². The number of hydrogen-bond acceptors (Lipinski definition) is 3. The van der Waals surface area contributed by atoms with Crippen LogP contribution in [-0.4, -0.2) is 23.2 Å². The van der Waals surface area contributed by atoms with Crippen LogP contribution in [0.3, 0.4) is 0 Å². The van der Waals surface area contributed by atoms with E-state index in [1.807, 2.05) is 12.1 Å². The number of halogens is 1. The number of hydrogen-bond donors (Lipinski definition) is 2. The van der Waals surface area contributed by atoms with Gasteiger partial charge in [-0.15, -0.1) is 0 Å². The summed E-state index contributed by atoms with van der Waals surface area (Å²) in [5.74, 6) is 0.160. The second-order valence-electron chi connectivity index (χ2n) is 4.06. The zero-order valence-electron chi connectivity index (χ0n) is 8.29. The lowest BCUT2D eigenvalue weighted by Crippen LogP contribution is -2.44. The number of rotatable bonds is 2. The van der Waals surface area contributed by atoms with Crippen molar-refractivity contribution in [3.8, 4) is 0 Å². The molecule has 0 bridgehead atoms. The Labute approximate surface area is 95.8 Å². The van der Waals surface area contributed by atoms with E-state index in [4.69, 9.17) is 9.52 Å². The van der Waals surface area contributed by atoms with E-state index in [0.29, 0.717) is 17.6 Å². The number of nitrogens with one attached hydrogen (secondary N) is 1. The molecule has 1 fully saturated rings. The van der Waals surface area contributed by atoms with E-state index in [1.165, 1.54) is 0 Å². The predicted molar refractivity (Wildman–Crippen MR) is 57.8 cm³/mol. The van der Waals surface area contributed by atoms with E-state index in [0.717, 1.165) is 5.76 Å². The lowest BCUT2D eigenvalue weighted by Gasteiger charge is -2.17. The maximum absolute atomic E-state index is 11.0. The molecule has 0 amide bonds. The summed E-state index contributed by atoms with van der Waals surface area (Å²) in [5, 5.41) is 12.1. The fourth-order valence-electron chi connectivity index (χ4n) is 1.90. The molecule has 82 valence electrons. The zero-order chi connectivity index (χ0) is 11.1. The number of aliphatic carboxylic acids is 1. The summed E-state index contributed by atoms with van der Waals surface area (Å²) in [7, 11) is 0. The lowest BCUT2D eigenvalue weighted by atomic mass is 9.94. The van der Waals surface area contributed by atoms with Gasteiger partial charge in [0, 0.05) is 12.5 Å². The first-order chi connectivity index (χ1) is 7.01. The highest BCUT2D eigenvalue weighted by atomic mass is 79.9. The minimum absolute atomic E-state index is 0.136. The second kappa shape index (κ2) is 3.64. The third-order valence-corrected chi connectivity index (χ3v) is 3.29. The van der Waals surface area contributed by atoms with E-state index in [9.17, 15) is 4.79 Å². The van der Waals surface area contributed by atoms with Crippen LogP contribution in [0, 0.1) is 0 Å². The molecule has 2 atom stereocenters. The second-order valence-corrected chi connectivity index (χ2v) is 4.84. The number of carboxylic acids is 1. The third kappa shape index (κ3) is 1.94. The third-order valence-electron chi connectivity index (χ3n) is 2.86. The van der Waals surface area contributed by atoms with Crippen LogP contribution in [0.5, 0.6) is 0 Å². The summed E-state index contributed by atoms with van der Waals surface area (Å²) in [6.07, 6.45) is 0.558. The molecule has 0 aliphatic carbocycles. The summed E-state index contributed by atoms with van der Waals surface area (Å²) in [5.41, 5.74) is -0.829. The first kappa shape index (κ1) is 10.7. The van der Waals surface area contributed by atoms with Crippen LogP contribution in [0.1, 0.15) is 25.0 Å². The smallest absolute Gasteiger partial charge is 0.323 e. The Morgan fingerprint density at radius 2 is 2.47 bits per heavy atom. The van der Waals surface area contributed by atoms with Crippen LogP contribution in [0.15, 0.2) is 21.2 Å². The van der Waals surface area contributed by atoms with Crippen molar-refractivity contribution in [3.63, 3.8) is 0 Å². The van der Waals surface area contributed by atoms with E-state index in [-0.39, 0.29) is 5.92 Å². The summed E-state index contributed by atoms with van der Waals surface area (Å²) in [4.78, 5) is 11.0. The Morgan fingerprint density at radius 3 is 2.93 bits per heavy atom. The molecule has 5 heteroatoms. The van der Waals surface area contributed by atoms with Crippen LogP contribution in [0.2, 0.25) is 0 Å². The molecular formula is C10H12BrNO3. The highest BCUT2D eigenvalue weighted by molar-refractivity contribution is 9.10. The molecule has 0 saturated carbocycles. The van der Waals surface area contributed by atoms with E-state index >= 15 is 0 Å². The Kier molecular flexibility index (Phi) is 2.60. The van der Waals surface area contributed by atoms with Crippen molar-refractivity contribution in [2.45, 2.75) is 24.8 Å². The molecule has 0 spiro atoms. The standard InChI is InChI=1S/C10H12BrNO3/c1-10(9(13)14)4-6(5-12-10)7-2-3-8(11)15-7/h2-3,6,12H,4-5H2,1H3,(H,13,14). The Balaban J connectivity index is 2.14. The van der Waals surface area contributed by atoms with Gasteiger partial charge in [-0.2, -0.15) is 0 Å². The number of furan rings is 1. The van der Waals surface area contributed by atoms with Gasteiger partial charge in [-0.05, 0) is 41.4 Å². The maximum atomic E-state index is 11.0. The molecule has 1 aromatic rings. The normalized spacial score (nSPS) is 30.7. The largest absolute Gasteiger partial charge is 0.480 e. The van der Waals surface area contributed by atoms with Gasteiger partial charge in [0.2, 0.25) is 0 Å². The number of carbonyl (C=O) groups is 1. The highest BCUT2D eigenvalue weighted by Gasteiger charge is 2.42. The van der Waals surface area contributed by atoms with Crippen molar-refractivity contribution in [2.24, 2.45) is 0 Å². The fraction of sp³-hybridized carbons (Fsp3) is 0.500. The van der Waals surface area contributed by atoms with Crippen LogP contribution >= 0.6 is 15.9 Å². The molecule has 0 aromatic carbocycles. The van der Waals surface area contributed by atoms with Crippen molar-refractivity contribution in [2.75, 3.05) is 6.54 Å². The van der Waals surface area contributed by atoms with Gasteiger partial charge in [0.05, 0.1) is 0 Å². The molecule has 2 heterocycles. The monoisotopic (exact) mass is 273 g/mol. The average molecular weight is 274 g/mol. The summed E-state index contributed by atoms with van der Waals surface area (Å²) >= 11 is 3.23. The van der Waals surface area contributed by atoms with Gasteiger partial charge in [-0.3, -0.25) is 4.79 Å². The van der Waals surface area contributed by atoms with E-state index in [2.05, 4.69) is 21.2 Å². The highest BCUT2D eigenvalue weighted by Crippen LogP contribution is 2.33. The molecule has 4 nitrogen and oxygen atoms in total. The van der Waals surface area contributed by atoms with Gasteiger partial charge in [0.25, 0.3) is 0 Å².